The maximum atomic E-state index is 13.4. The van der Waals surface area contributed by atoms with Gasteiger partial charge in [0.15, 0.2) is 11.6 Å². The molecule has 0 spiro atoms. The maximum absolute atomic E-state index is 13.4. The predicted octanol–water partition coefficient (Wildman–Crippen LogP) is 17.5. The monoisotopic (exact) mass is 1910 g/mol. The number of para-hydroxylation sites is 4. The summed E-state index contributed by atoms with van der Waals surface area (Å²) in [7, 11) is 18.8. The van der Waals surface area contributed by atoms with Crippen molar-refractivity contribution in [2.75, 3.05) is 9.80 Å². The summed E-state index contributed by atoms with van der Waals surface area (Å²) in [5.74, 6) is -0.516. The number of hydrogen-bond donors (Lipinski definition) is 0. The van der Waals surface area contributed by atoms with E-state index in [2.05, 4.69) is 258 Å². The average molecular weight is 1920 g/mol. The fourth-order valence-corrected chi connectivity index (χ4v) is 45.4. The van der Waals surface area contributed by atoms with E-state index < -0.39 is 19.7 Å². The Morgan fingerprint density at radius 2 is 0.726 bits per heavy atom. The van der Waals surface area contributed by atoms with Crippen molar-refractivity contribution in [1.29, 1.82) is 0 Å². The molecule has 0 amide bonds. The zero-order chi connectivity index (χ0) is 76.4. The topological polar surface area (TPSA) is 127 Å². The molecule has 10 aromatic rings. The number of hydrogen-bond acceptors (Lipinski definition) is 16. The zero-order valence-corrected chi connectivity index (χ0v) is 78.7. The van der Waals surface area contributed by atoms with E-state index in [1.54, 1.807) is 172 Å². The van der Waals surface area contributed by atoms with Crippen LogP contribution in [-0.2, 0) is 209 Å². The van der Waals surface area contributed by atoms with E-state index in [1.807, 2.05) is 11.4 Å². The first-order chi connectivity index (χ1) is 50.8. The van der Waals surface area contributed by atoms with Gasteiger partial charge >= 0.3 is 7.12 Å². The number of halogens is 1. The Balaban J connectivity index is 0.000000157. The van der Waals surface area contributed by atoms with Crippen molar-refractivity contribution >= 4 is 303 Å². The molecule has 1 saturated heterocycles. The molecule has 10 nitrogen and oxygen atoms in total. The lowest BCUT2D eigenvalue weighted by Crippen LogP contribution is -2.41. The lowest BCUT2D eigenvalue weighted by molar-refractivity contribution is 0.00578. The Bertz CT molecular complexity index is 5890. The second-order valence-electron chi connectivity index (χ2n) is 24.8. The molecule has 5 aliphatic rings. The summed E-state index contributed by atoms with van der Waals surface area (Å²) in [5.41, 5.74) is 12.7. The van der Waals surface area contributed by atoms with Crippen LogP contribution in [0.1, 0.15) is 109 Å². The van der Waals surface area contributed by atoms with Gasteiger partial charge in [0.1, 0.15) is 0 Å². The Kier molecular flexibility index (Phi) is 30.7. The Hall–Kier alpha value is -2.72. The van der Waals surface area contributed by atoms with E-state index in [4.69, 9.17) is 9.31 Å². The summed E-state index contributed by atoms with van der Waals surface area (Å²) in [5, 5.41) is 4.18. The van der Waals surface area contributed by atoms with Crippen LogP contribution in [0.5, 0.6) is 0 Å². The van der Waals surface area contributed by atoms with Crippen LogP contribution in [-0.4, -0.2) is 46.7 Å². The third-order valence-electron chi connectivity index (χ3n) is 18.0. The number of anilines is 6. The molecular formula is C70H62BBrN2O8P2S22. The standard InChI is InChI=1S/C32H23NO3S2.C25H28BNO2S.C13H7BrO3S.H4P2.S11.S7/c1-32(2)23-10-4-6-12-25(23)33(26-13-7-5-11-24(26)32)27-17-18-37-31(27)20-15-16-29-22(19-20)30(34)21-9-3-8-14-28(21)38(29,35)36;1-23(2)17-11-7-9-13-19(17)27(20-14-10-8-12-18(20)23)21-15-16-30-22(21)26-28-24(3,4)25(5,6)29-26;14-8-5-6-12-10(7-8)13(15)9-3-1-2-4-11(9)18(12,16)17;1-2;1-3-5-7-9-11-10-8-6-4-2;1-3-5-7-6-4-2/h3-19H,1-2H3;7-16H,1-6H3;1-7H;1-2H2;;. The molecule has 36 heteroatoms. The van der Waals surface area contributed by atoms with Crippen LogP contribution in [0.2, 0.25) is 0 Å². The van der Waals surface area contributed by atoms with Crippen LogP contribution in [0.3, 0.4) is 0 Å². The largest absolute Gasteiger partial charge is 0.507 e. The van der Waals surface area contributed by atoms with Gasteiger partial charge in [-0.1, -0.05) is 147 Å². The van der Waals surface area contributed by atoms with Crippen molar-refractivity contribution in [3.8, 4) is 10.4 Å². The van der Waals surface area contributed by atoms with Crippen LogP contribution >= 0.6 is 56.5 Å². The molecule has 552 valence electrons. The molecule has 8 aromatic carbocycles. The number of fused-ring (bicyclic) bond motifs is 8. The number of carbonyl (C=O) groups is 2. The Morgan fingerprint density at radius 3 is 1.15 bits per heavy atom. The average Bonchev–Trinajstić information content (AvgIpc) is 1.13. The molecule has 1 fully saturated rings. The highest BCUT2D eigenvalue weighted by atomic mass is 79.9. The van der Waals surface area contributed by atoms with Crippen molar-refractivity contribution in [2.45, 2.75) is 97.0 Å². The first-order valence-corrected chi connectivity index (χ1v) is 60.7. The quantitative estimate of drug-likeness (QED) is 0.122. The first-order valence-electron chi connectivity index (χ1n) is 31.2. The number of thiophene rings is 2. The minimum Gasteiger partial charge on any atom is -0.399 e. The summed E-state index contributed by atoms with van der Waals surface area (Å²) >= 11 is 25.0. The molecule has 106 heavy (non-hydrogen) atoms. The van der Waals surface area contributed by atoms with Crippen LogP contribution < -0.4 is 14.6 Å². The highest BCUT2D eigenvalue weighted by molar-refractivity contribution is 9.10. The number of ketones is 2. The predicted molar refractivity (Wildman–Crippen MR) is 500 cm³/mol. The lowest BCUT2D eigenvalue weighted by Gasteiger charge is -2.42. The summed E-state index contributed by atoms with van der Waals surface area (Å²) < 4.78 is 66.1. The van der Waals surface area contributed by atoms with E-state index in [-0.39, 0.29) is 82.6 Å². The van der Waals surface area contributed by atoms with Gasteiger partial charge in [-0.25, -0.2) is 16.8 Å². The highest BCUT2D eigenvalue weighted by Gasteiger charge is 2.54. The molecular weight excluding hydrogens is 1850 g/mol. The number of benzene rings is 8. The van der Waals surface area contributed by atoms with Crippen LogP contribution in [0.4, 0.5) is 34.1 Å². The van der Waals surface area contributed by atoms with Gasteiger partial charge in [-0.05, 0) is 157 Å². The summed E-state index contributed by atoms with van der Waals surface area (Å²) in [6.07, 6.45) is 0. The number of carbonyl (C=O) groups excluding carboxylic acids is 2. The van der Waals surface area contributed by atoms with Crippen molar-refractivity contribution < 1.29 is 35.7 Å². The molecule has 15 rings (SSSR count). The minimum absolute atomic E-state index is 0.0653. The van der Waals surface area contributed by atoms with Crippen LogP contribution in [0.15, 0.2) is 229 Å². The zero-order valence-electron chi connectivity index (χ0n) is 56.9. The van der Waals surface area contributed by atoms with E-state index in [9.17, 15) is 26.4 Å². The number of sulfone groups is 2. The SMILES string of the molecule is CC1(C)c2ccccc2N(c2ccsc2-c2ccc3c(c2)C(=O)c2ccccc2S3(=O)=O)c2ccccc21.CC1(C)c2ccccc2N(c2ccsc2B2OC(C)(C)C(C)(C)O2)c2ccccc21.O=C1c2ccccc2S(=O)(=O)c2ccc(Br)cc21.PP.S=S=S=S=S=S=S.S=S=S=S=S=S=S=S=S=S=S. The molecule has 7 heterocycles. The van der Waals surface area contributed by atoms with Gasteiger partial charge in [0.25, 0.3) is 0 Å². The van der Waals surface area contributed by atoms with Gasteiger partial charge in [0.2, 0.25) is 19.7 Å². The Labute approximate surface area is 700 Å². The molecule has 0 aliphatic carbocycles. The fraction of sp³-hybridized carbons (Fsp3) is 0.171. The summed E-state index contributed by atoms with van der Waals surface area (Å²) in [4.78, 5) is 31.6. The van der Waals surface area contributed by atoms with Crippen molar-refractivity contribution in [3.63, 3.8) is 0 Å². The van der Waals surface area contributed by atoms with Gasteiger partial charge in [0, 0.05) is 207 Å². The second-order valence-corrected chi connectivity index (χ2v) is 56.2. The summed E-state index contributed by atoms with van der Waals surface area (Å²) in [6.45, 7) is 17.6. The third-order valence-corrected chi connectivity index (χ3v) is 50.7. The fourth-order valence-electron chi connectivity index (χ4n) is 12.6. The molecule has 0 bridgehead atoms. The number of rotatable bonds is 4. The normalized spacial score (nSPS) is 15.6. The van der Waals surface area contributed by atoms with Crippen molar-refractivity contribution in [3.05, 3.63) is 254 Å². The molecule has 2 aromatic heterocycles. The second kappa shape index (κ2) is 37.9. The maximum Gasteiger partial charge on any atom is 0.507 e. The molecule has 0 radical (unpaired) electrons. The van der Waals surface area contributed by atoms with Gasteiger partial charge in [-0.2, -0.15) is 11.3 Å². The smallest absolute Gasteiger partial charge is 0.399 e. The van der Waals surface area contributed by atoms with Crippen LogP contribution in [0.25, 0.3) is 10.4 Å². The van der Waals surface area contributed by atoms with Crippen molar-refractivity contribution in [1.82, 2.24) is 0 Å². The van der Waals surface area contributed by atoms with Crippen molar-refractivity contribution in [2.24, 2.45) is 0 Å². The van der Waals surface area contributed by atoms with E-state index >= 15 is 0 Å². The minimum atomic E-state index is -3.77. The molecule has 5 aliphatic heterocycles. The van der Waals surface area contributed by atoms with E-state index in [0.29, 0.717) is 4.47 Å². The molecule has 0 saturated carbocycles. The van der Waals surface area contributed by atoms with E-state index in [1.165, 1.54) is 87.3 Å². The molecule has 2 atom stereocenters. The van der Waals surface area contributed by atoms with E-state index in [0.717, 1.165) is 38.0 Å². The molecule has 0 N–H and O–H groups in total. The first kappa shape index (κ1) is 85.7. The Morgan fingerprint density at radius 1 is 0.396 bits per heavy atom. The lowest BCUT2D eigenvalue weighted by atomic mass is 9.73. The number of nitrogens with zero attached hydrogens (tertiary/aromatic N) is 2. The van der Waals surface area contributed by atoms with Gasteiger partial charge < -0.3 is 19.1 Å². The molecule has 2 unspecified atom stereocenters. The van der Waals surface area contributed by atoms with Gasteiger partial charge in [0.05, 0.1) is 74.6 Å². The highest BCUT2D eigenvalue weighted by Crippen LogP contribution is 2.56. The summed E-state index contributed by atoms with van der Waals surface area (Å²) in [6, 6.07) is 61.2. The van der Waals surface area contributed by atoms with Crippen LogP contribution in [0, 0.1) is 0 Å². The van der Waals surface area contributed by atoms with Gasteiger partial charge in [-0.15, -0.1) is 29.2 Å². The third kappa shape index (κ3) is 18.2. The van der Waals surface area contributed by atoms with Gasteiger partial charge in [-0.3, -0.25) is 9.59 Å².